The van der Waals surface area contributed by atoms with Crippen molar-refractivity contribution in [3.05, 3.63) is 0 Å². The van der Waals surface area contributed by atoms with Crippen molar-refractivity contribution in [1.82, 2.24) is 4.90 Å². The van der Waals surface area contributed by atoms with E-state index in [1.807, 2.05) is 7.05 Å². The van der Waals surface area contributed by atoms with Crippen molar-refractivity contribution in [2.45, 2.75) is 31.4 Å². The maximum absolute atomic E-state index is 8.53. The van der Waals surface area contributed by atoms with Crippen LogP contribution in [-0.4, -0.2) is 41.9 Å². The molecule has 0 aromatic carbocycles. The molecule has 1 aliphatic heterocycles. The van der Waals surface area contributed by atoms with E-state index in [4.69, 9.17) is 15.7 Å². The van der Waals surface area contributed by atoms with Crippen molar-refractivity contribution in [3.63, 3.8) is 0 Å². The van der Waals surface area contributed by atoms with Gasteiger partial charge in [0.1, 0.15) is 0 Å². The Labute approximate surface area is 83.5 Å². The van der Waals surface area contributed by atoms with Crippen LogP contribution in [0.25, 0.3) is 0 Å². The van der Waals surface area contributed by atoms with E-state index in [0.29, 0.717) is 12.7 Å². The number of nitrogens with zero attached hydrogens (tertiary/aromatic N) is 2. The molecule has 2 fully saturated rings. The van der Waals surface area contributed by atoms with Gasteiger partial charge >= 0.3 is 0 Å². The van der Waals surface area contributed by atoms with Crippen LogP contribution in [-0.2, 0) is 4.74 Å². The smallest absolute Gasteiger partial charge is 0.233 e. The topological polar surface area (TPSA) is 71.1 Å². The lowest BCUT2D eigenvalue weighted by Crippen LogP contribution is -2.42. The number of nitrogens with two attached hydrogens (primary N) is 1. The number of rotatable bonds is 2. The highest BCUT2D eigenvalue weighted by Gasteiger charge is 2.39. The first-order chi connectivity index (χ1) is 6.72. The molecule has 1 heterocycles. The van der Waals surface area contributed by atoms with Gasteiger partial charge in [-0.2, -0.15) is 0 Å². The molecule has 2 rings (SSSR count). The van der Waals surface area contributed by atoms with Crippen LogP contribution < -0.4 is 5.73 Å². The van der Waals surface area contributed by atoms with Crippen LogP contribution in [0.5, 0.6) is 0 Å². The first kappa shape index (κ1) is 9.58. The van der Waals surface area contributed by atoms with Gasteiger partial charge in [0.2, 0.25) is 5.96 Å². The number of guanidine groups is 1. The van der Waals surface area contributed by atoms with E-state index in [1.54, 1.807) is 4.90 Å². The molecule has 1 aliphatic carbocycles. The second-order valence-electron chi connectivity index (χ2n) is 4.17. The largest absolute Gasteiger partial charge is 0.408 e. The standard InChI is InChI=1S/C9H17N3O2/c1-12(9(10)11-13)7-4-8(14-5-7)6-2-3-6/h6-8,13H,2-5H2,1H3,(H2,10,11). The molecular weight excluding hydrogens is 182 g/mol. The molecule has 80 valence electrons. The lowest BCUT2D eigenvalue weighted by molar-refractivity contribution is 0.0894. The molecular formula is C9H17N3O2. The maximum atomic E-state index is 8.53. The highest BCUT2D eigenvalue weighted by Crippen LogP contribution is 2.39. The van der Waals surface area contributed by atoms with E-state index in [2.05, 4.69) is 5.16 Å². The van der Waals surface area contributed by atoms with E-state index in [1.165, 1.54) is 12.8 Å². The number of oxime groups is 1. The number of ether oxygens (including phenoxy) is 1. The van der Waals surface area contributed by atoms with E-state index in [0.717, 1.165) is 12.3 Å². The summed E-state index contributed by atoms with van der Waals surface area (Å²) >= 11 is 0. The van der Waals surface area contributed by atoms with Crippen LogP contribution >= 0.6 is 0 Å². The second kappa shape index (κ2) is 3.65. The second-order valence-corrected chi connectivity index (χ2v) is 4.17. The molecule has 2 atom stereocenters. The number of hydrogen-bond donors (Lipinski definition) is 2. The van der Waals surface area contributed by atoms with Gasteiger partial charge in [0.15, 0.2) is 0 Å². The molecule has 14 heavy (non-hydrogen) atoms. The van der Waals surface area contributed by atoms with E-state index >= 15 is 0 Å². The monoisotopic (exact) mass is 199 g/mol. The third kappa shape index (κ3) is 1.77. The van der Waals surface area contributed by atoms with Gasteiger partial charge in [-0.25, -0.2) is 0 Å². The fraction of sp³-hybridized carbons (Fsp3) is 0.889. The van der Waals surface area contributed by atoms with E-state index in [9.17, 15) is 0 Å². The summed E-state index contributed by atoms with van der Waals surface area (Å²) in [6.07, 6.45) is 3.99. The third-order valence-corrected chi connectivity index (χ3v) is 3.17. The Morgan fingerprint density at radius 2 is 2.29 bits per heavy atom. The van der Waals surface area contributed by atoms with Gasteiger partial charge in [0, 0.05) is 7.05 Å². The molecule has 0 spiro atoms. The molecule has 2 unspecified atom stereocenters. The molecule has 5 nitrogen and oxygen atoms in total. The summed E-state index contributed by atoms with van der Waals surface area (Å²) in [6.45, 7) is 0.688. The molecule has 0 bridgehead atoms. The summed E-state index contributed by atoms with van der Waals surface area (Å²) in [5.74, 6) is 0.927. The van der Waals surface area contributed by atoms with Crippen LogP contribution in [0.15, 0.2) is 5.16 Å². The summed E-state index contributed by atoms with van der Waals surface area (Å²) < 4.78 is 5.67. The molecule has 5 heteroatoms. The lowest BCUT2D eigenvalue weighted by Gasteiger charge is -2.22. The Hall–Kier alpha value is -0.970. The molecule has 1 saturated carbocycles. The summed E-state index contributed by atoms with van der Waals surface area (Å²) in [5.41, 5.74) is 5.50. The van der Waals surface area contributed by atoms with Crippen LogP contribution in [0.3, 0.4) is 0 Å². The average Bonchev–Trinajstić information content (AvgIpc) is 2.94. The third-order valence-electron chi connectivity index (χ3n) is 3.17. The minimum atomic E-state index is 0.162. The minimum Gasteiger partial charge on any atom is -0.408 e. The predicted molar refractivity (Wildman–Crippen MR) is 52.0 cm³/mol. The Kier molecular flexibility index (Phi) is 2.50. The van der Waals surface area contributed by atoms with E-state index in [-0.39, 0.29) is 12.0 Å². The predicted octanol–water partition coefficient (Wildman–Crippen LogP) is 0.190. The lowest BCUT2D eigenvalue weighted by atomic mass is 10.1. The van der Waals surface area contributed by atoms with Crippen molar-refractivity contribution in [1.29, 1.82) is 0 Å². The zero-order valence-corrected chi connectivity index (χ0v) is 8.39. The Morgan fingerprint density at radius 3 is 2.86 bits per heavy atom. The van der Waals surface area contributed by atoms with Gasteiger partial charge in [0.25, 0.3) is 0 Å². The number of hydrogen-bond acceptors (Lipinski definition) is 3. The quantitative estimate of drug-likeness (QED) is 0.288. The molecule has 0 aromatic rings. The van der Waals surface area contributed by atoms with Gasteiger partial charge in [-0.05, 0) is 25.2 Å². The van der Waals surface area contributed by atoms with Crippen molar-refractivity contribution >= 4 is 5.96 Å². The van der Waals surface area contributed by atoms with Gasteiger partial charge in [-0.3, -0.25) is 0 Å². The molecule has 1 saturated heterocycles. The van der Waals surface area contributed by atoms with Crippen LogP contribution in [0.4, 0.5) is 0 Å². The van der Waals surface area contributed by atoms with Crippen molar-refractivity contribution in [2.75, 3.05) is 13.7 Å². The Morgan fingerprint density at radius 1 is 1.57 bits per heavy atom. The molecule has 0 aromatic heterocycles. The van der Waals surface area contributed by atoms with Crippen molar-refractivity contribution in [2.24, 2.45) is 16.8 Å². The van der Waals surface area contributed by atoms with Crippen LogP contribution in [0.2, 0.25) is 0 Å². The SMILES string of the molecule is CN(/C(N)=N/O)C1COC(C2CC2)C1. The summed E-state index contributed by atoms with van der Waals surface area (Å²) in [5, 5.41) is 11.5. The molecule has 0 amide bonds. The zero-order valence-electron chi connectivity index (χ0n) is 8.39. The van der Waals surface area contributed by atoms with Gasteiger partial charge in [-0.1, -0.05) is 5.16 Å². The van der Waals surface area contributed by atoms with Crippen molar-refractivity contribution in [3.8, 4) is 0 Å². The van der Waals surface area contributed by atoms with E-state index < -0.39 is 0 Å². The summed E-state index contributed by atoms with van der Waals surface area (Å²) in [6, 6.07) is 0.261. The first-order valence-electron chi connectivity index (χ1n) is 5.04. The average molecular weight is 199 g/mol. The fourth-order valence-corrected chi connectivity index (χ4v) is 1.96. The van der Waals surface area contributed by atoms with Crippen LogP contribution in [0.1, 0.15) is 19.3 Å². The minimum absolute atomic E-state index is 0.162. The van der Waals surface area contributed by atoms with Crippen LogP contribution in [0, 0.1) is 5.92 Å². The summed E-state index contributed by atoms with van der Waals surface area (Å²) in [4.78, 5) is 1.78. The Bertz CT molecular complexity index is 240. The van der Waals surface area contributed by atoms with Crippen molar-refractivity contribution < 1.29 is 9.94 Å². The first-order valence-corrected chi connectivity index (χ1v) is 5.04. The molecule has 2 aliphatic rings. The summed E-state index contributed by atoms with van der Waals surface area (Å²) in [7, 11) is 1.83. The highest BCUT2D eigenvalue weighted by atomic mass is 16.5. The molecule has 0 radical (unpaired) electrons. The normalized spacial score (nSPS) is 33.4. The van der Waals surface area contributed by atoms with Gasteiger partial charge in [0.05, 0.1) is 18.8 Å². The van der Waals surface area contributed by atoms with Gasteiger partial charge in [-0.15, -0.1) is 0 Å². The fourth-order valence-electron chi connectivity index (χ4n) is 1.96. The van der Waals surface area contributed by atoms with Gasteiger partial charge < -0.3 is 20.6 Å². The maximum Gasteiger partial charge on any atom is 0.233 e. The Balaban J connectivity index is 1.87. The zero-order chi connectivity index (χ0) is 10.1. The number of likely N-dealkylation sites (N-methyl/N-ethyl adjacent to an activating group) is 1. The molecule has 3 N–H and O–H groups in total. The highest BCUT2D eigenvalue weighted by molar-refractivity contribution is 5.77.